The van der Waals surface area contributed by atoms with E-state index in [1.165, 1.54) is 17.2 Å². The Morgan fingerprint density at radius 1 is 1.42 bits per heavy atom. The highest BCUT2D eigenvalue weighted by molar-refractivity contribution is 5.70. The normalized spacial score (nSPS) is 16.9. The van der Waals surface area contributed by atoms with Crippen LogP contribution in [-0.4, -0.2) is 40.2 Å². The molecule has 6 nitrogen and oxygen atoms in total. The van der Waals surface area contributed by atoms with Gasteiger partial charge in [0.05, 0.1) is 36.4 Å². The molecular formula is C17H16F3N3O3. The van der Waals surface area contributed by atoms with Crippen LogP contribution in [0.3, 0.4) is 0 Å². The van der Waals surface area contributed by atoms with Gasteiger partial charge in [-0.25, -0.2) is 14.2 Å². The van der Waals surface area contributed by atoms with Crippen LogP contribution in [0.5, 0.6) is 5.75 Å². The lowest BCUT2D eigenvalue weighted by molar-refractivity contribution is -0.0521. The van der Waals surface area contributed by atoms with E-state index in [2.05, 4.69) is 14.7 Å². The van der Waals surface area contributed by atoms with Crippen molar-refractivity contribution in [1.82, 2.24) is 14.9 Å². The standard InChI is InChI=1S/C17H16F3N3O3/c1-9-7-23(17(24)25-9)8-14-10(2)21-6-13(22-14)11-3-4-12(18)15(5-11)26-16(19)20/h3-6,9,16H,7-8H2,1-2H3/t9-/m1/s1. The summed E-state index contributed by atoms with van der Waals surface area (Å²) in [6, 6.07) is 3.55. The molecule has 1 aliphatic heterocycles. The minimum atomic E-state index is -3.14. The average molecular weight is 367 g/mol. The third-order valence-electron chi connectivity index (χ3n) is 3.87. The van der Waals surface area contributed by atoms with E-state index in [-0.39, 0.29) is 12.6 Å². The fourth-order valence-corrected chi connectivity index (χ4v) is 2.60. The van der Waals surface area contributed by atoms with Gasteiger partial charge < -0.3 is 9.47 Å². The first-order valence-corrected chi connectivity index (χ1v) is 7.86. The second-order valence-electron chi connectivity index (χ2n) is 5.89. The molecule has 0 radical (unpaired) electrons. The minimum Gasteiger partial charge on any atom is -0.444 e. The van der Waals surface area contributed by atoms with Gasteiger partial charge >= 0.3 is 12.7 Å². The first-order chi connectivity index (χ1) is 12.3. The number of benzene rings is 1. The largest absolute Gasteiger partial charge is 0.444 e. The highest BCUT2D eigenvalue weighted by Gasteiger charge is 2.29. The molecule has 9 heteroatoms. The molecule has 0 aliphatic carbocycles. The topological polar surface area (TPSA) is 64.6 Å². The number of nitrogens with zero attached hydrogens (tertiary/aromatic N) is 3. The molecule has 0 saturated carbocycles. The van der Waals surface area contributed by atoms with Gasteiger partial charge in [0.2, 0.25) is 0 Å². The van der Waals surface area contributed by atoms with Gasteiger partial charge in [-0.1, -0.05) is 0 Å². The molecule has 3 rings (SSSR count). The average Bonchev–Trinajstić information content (AvgIpc) is 2.89. The summed E-state index contributed by atoms with van der Waals surface area (Å²) in [4.78, 5) is 21.9. The number of hydrogen-bond donors (Lipinski definition) is 0. The molecule has 1 saturated heterocycles. The maximum atomic E-state index is 13.6. The van der Waals surface area contributed by atoms with Crippen LogP contribution < -0.4 is 4.74 Å². The summed E-state index contributed by atoms with van der Waals surface area (Å²) < 4.78 is 47.6. The van der Waals surface area contributed by atoms with Gasteiger partial charge in [-0.15, -0.1) is 0 Å². The number of rotatable bonds is 5. The number of carbonyl (C=O) groups is 1. The van der Waals surface area contributed by atoms with Crippen LogP contribution in [0.2, 0.25) is 0 Å². The van der Waals surface area contributed by atoms with Gasteiger partial charge in [0, 0.05) is 5.56 Å². The highest BCUT2D eigenvalue weighted by Crippen LogP contribution is 2.27. The van der Waals surface area contributed by atoms with Gasteiger partial charge in [-0.05, 0) is 32.0 Å². The molecule has 2 aromatic rings. The quantitative estimate of drug-likeness (QED) is 0.809. The minimum absolute atomic E-state index is 0.204. The van der Waals surface area contributed by atoms with Crippen molar-refractivity contribution in [2.75, 3.05) is 6.54 Å². The van der Waals surface area contributed by atoms with E-state index in [1.54, 1.807) is 13.8 Å². The zero-order chi connectivity index (χ0) is 18.8. The molecule has 138 valence electrons. The summed E-state index contributed by atoms with van der Waals surface area (Å²) in [5.74, 6) is -1.47. The maximum absolute atomic E-state index is 13.6. The number of ether oxygens (including phenoxy) is 2. The lowest BCUT2D eigenvalue weighted by Gasteiger charge is -2.14. The third-order valence-corrected chi connectivity index (χ3v) is 3.87. The van der Waals surface area contributed by atoms with Crippen LogP contribution in [0.15, 0.2) is 24.4 Å². The van der Waals surface area contributed by atoms with Gasteiger partial charge in [0.25, 0.3) is 0 Å². The Kier molecular flexibility index (Phi) is 4.97. The van der Waals surface area contributed by atoms with E-state index in [0.717, 1.165) is 12.1 Å². The van der Waals surface area contributed by atoms with Crippen molar-refractivity contribution in [2.45, 2.75) is 33.1 Å². The van der Waals surface area contributed by atoms with Gasteiger partial charge in [-0.2, -0.15) is 8.78 Å². The molecular weight excluding hydrogens is 351 g/mol. The fourth-order valence-electron chi connectivity index (χ4n) is 2.60. The van der Waals surface area contributed by atoms with Gasteiger partial charge in [-0.3, -0.25) is 9.88 Å². The fraction of sp³-hybridized carbons (Fsp3) is 0.353. The maximum Gasteiger partial charge on any atom is 0.410 e. The van der Waals surface area contributed by atoms with Crippen molar-refractivity contribution in [2.24, 2.45) is 0 Å². The lowest BCUT2D eigenvalue weighted by Crippen LogP contribution is -2.25. The molecule has 2 heterocycles. The summed E-state index contributed by atoms with van der Waals surface area (Å²) in [5.41, 5.74) is 1.87. The first kappa shape index (κ1) is 18.0. The van der Waals surface area contributed by atoms with E-state index in [1.807, 2.05) is 0 Å². The Hall–Kier alpha value is -2.84. The summed E-state index contributed by atoms with van der Waals surface area (Å²) in [6.45, 7) is 1.04. The Bertz CT molecular complexity index is 832. The van der Waals surface area contributed by atoms with E-state index in [4.69, 9.17) is 4.74 Å². The molecule has 1 aliphatic rings. The highest BCUT2D eigenvalue weighted by atomic mass is 19.3. The Morgan fingerprint density at radius 2 is 2.19 bits per heavy atom. The summed E-state index contributed by atoms with van der Waals surface area (Å²) in [6.07, 6.45) is 0.812. The molecule has 1 amide bonds. The Labute approximate surface area is 147 Å². The molecule has 26 heavy (non-hydrogen) atoms. The Balaban J connectivity index is 1.89. The second kappa shape index (κ2) is 7.19. The van der Waals surface area contributed by atoms with Crippen molar-refractivity contribution >= 4 is 6.09 Å². The number of aryl methyl sites for hydroxylation is 1. The molecule has 1 atom stereocenters. The second-order valence-corrected chi connectivity index (χ2v) is 5.89. The number of cyclic esters (lactones) is 1. The van der Waals surface area contributed by atoms with Crippen LogP contribution in [0, 0.1) is 12.7 Å². The molecule has 0 N–H and O–H groups in total. The monoisotopic (exact) mass is 367 g/mol. The first-order valence-electron chi connectivity index (χ1n) is 7.86. The van der Waals surface area contributed by atoms with Gasteiger partial charge in [0.1, 0.15) is 6.10 Å². The summed E-state index contributed by atoms with van der Waals surface area (Å²) in [7, 11) is 0. The van der Waals surface area contributed by atoms with E-state index in [9.17, 15) is 18.0 Å². The molecule has 0 unspecified atom stereocenters. The molecule has 1 aromatic carbocycles. The molecule has 0 bridgehead atoms. The predicted molar refractivity (Wildman–Crippen MR) is 85.1 cm³/mol. The third kappa shape index (κ3) is 3.87. The van der Waals surface area contributed by atoms with E-state index < -0.39 is 24.3 Å². The number of amides is 1. The zero-order valence-electron chi connectivity index (χ0n) is 14.1. The molecule has 1 fully saturated rings. The van der Waals surface area contributed by atoms with Crippen LogP contribution in [-0.2, 0) is 11.3 Å². The van der Waals surface area contributed by atoms with Crippen molar-refractivity contribution in [3.8, 4) is 17.0 Å². The van der Waals surface area contributed by atoms with Gasteiger partial charge in [0.15, 0.2) is 11.6 Å². The van der Waals surface area contributed by atoms with Crippen molar-refractivity contribution in [1.29, 1.82) is 0 Å². The summed E-state index contributed by atoms with van der Waals surface area (Å²) in [5, 5.41) is 0. The molecule has 0 spiro atoms. The summed E-state index contributed by atoms with van der Waals surface area (Å²) >= 11 is 0. The SMILES string of the molecule is Cc1ncc(-c2ccc(F)c(OC(F)F)c2)nc1CN1C[C@@H](C)OC1=O. The number of aromatic nitrogens is 2. The van der Waals surface area contributed by atoms with Crippen LogP contribution in [0.25, 0.3) is 11.3 Å². The van der Waals surface area contributed by atoms with Crippen LogP contribution >= 0.6 is 0 Å². The number of carbonyl (C=O) groups excluding carboxylic acids is 1. The number of hydrogen-bond acceptors (Lipinski definition) is 5. The van der Waals surface area contributed by atoms with Crippen LogP contribution in [0.1, 0.15) is 18.3 Å². The zero-order valence-corrected chi connectivity index (χ0v) is 14.1. The lowest BCUT2D eigenvalue weighted by atomic mass is 10.1. The van der Waals surface area contributed by atoms with Crippen molar-refractivity contribution in [3.05, 3.63) is 41.6 Å². The van der Waals surface area contributed by atoms with E-state index >= 15 is 0 Å². The number of halogens is 3. The Morgan fingerprint density at radius 3 is 2.85 bits per heavy atom. The van der Waals surface area contributed by atoms with Crippen LogP contribution in [0.4, 0.5) is 18.0 Å². The number of alkyl halides is 2. The van der Waals surface area contributed by atoms with E-state index in [0.29, 0.717) is 29.2 Å². The molecule has 1 aromatic heterocycles. The van der Waals surface area contributed by atoms with Crippen molar-refractivity contribution < 1.29 is 27.4 Å². The van der Waals surface area contributed by atoms with Crippen molar-refractivity contribution in [3.63, 3.8) is 0 Å². The smallest absolute Gasteiger partial charge is 0.410 e. The predicted octanol–water partition coefficient (Wildman–Crippen LogP) is 3.53.